The van der Waals surface area contributed by atoms with E-state index in [0.29, 0.717) is 26.2 Å². The number of benzene rings is 1. The van der Waals surface area contributed by atoms with Crippen molar-refractivity contribution in [1.29, 1.82) is 0 Å². The molecule has 132 valence electrons. The number of β-amino-alcohol motifs (C(OH)–C–C–N with tert-alkyl or cyclic N) is 1. The molecule has 1 atom stereocenters. The number of halogens is 1. The lowest BCUT2D eigenvalue weighted by Crippen LogP contribution is -2.52. The van der Waals surface area contributed by atoms with Crippen LogP contribution in [-0.4, -0.2) is 77.6 Å². The van der Waals surface area contributed by atoms with Gasteiger partial charge in [0.2, 0.25) is 5.91 Å². The Labute approximate surface area is 142 Å². The fraction of sp³-hybridized carbons (Fsp3) is 0.611. The van der Waals surface area contributed by atoms with Crippen LogP contribution in [0.2, 0.25) is 0 Å². The first-order valence-electron chi connectivity index (χ1n) is 8.75. The molecule has 2 fully saturated rings. The van der Waals surface area contributed by atoms with E-state index in [2.05, 4.69) is 9.80 Å². The van der Waals surface area contributed by atoms with Crippen LogP contribution >= 0.6 is 0 Å². The fourth-order valence-corrected chi connectivity index (χ4v) is 3.51. The van der Waals surface area contributed by atoms with E-state index >= 15 is 0 Å². The molecule has 1 aromatic rings. The van der Waals surface area contributed by atoms with Crippen LogP contribution in [0.4, 0.5) is 4.39 Å². The average Bonchev–Trinajstić information content (AvgIpc) is 2.55. The maximum absolute atomic E-state index is 13.2. The van der Waals surface area contributed by atoms with Crippen molar-refractivity contribution in [1.82, 2.24) is 14.7 Å². The van der Waals surface area contributed by atoms with Crippen LogP contribution in [0.25, 0.3) is 0 Å². The molecule has 0 spiro atoms. The van der Waals surface area contributed by atoms with E-state index in [0.717, 1.165) is 44.6 Å². The number of aliphatic hydroxyl groups is 1. The second-order valence-corrected chi connectivity index (χ2v) is 6.82. The van der Waals surface area contributed by atoms with Gasteiger partial charge in [-0.05, 0) is 37.1 Å². The van der Waals surface area contributed by atoms with E-state index in [1.54, 1.807) is 12.1 Å². The van der Waals surface area contributed by atoms with Gasteiger partial charge in [0.1, 0.15) is 5.82 Å². The molecule has 0 radical (unpaired) electrons. The molecule has 0 aliphatic carbocycles. The Morgan fingerprint density at radius 3 is 2.67 bits per heavy atom. The summed E-state index contributed by atoms with van der Waals surface area (Å²) in [5.74, 6) is -0.0560. The van der Waals surface area contributed by atoms with Crippen molar-refractivity contribution < 1.29 is 14.3 Å². The van der Waals surface area contributed by atoms with Gasteiger partial charge in [-0.2, -0.15) is 0 Å². The summed E-state index contributed by atoms with van der Waals surface area (Å²) in [5.41, 5.74) is 0.970. The molecule has 0 unspecified atom stereocenters. The normalized spacial score (nSPS) is 23.4. The number of piperazine rings is 1. The number of aliphatic hydroxyl groups excluding tert-OH is 1. The summed E-state index contributed by atoms with van der Waals surface area (Å²) in [7, 11) is 0. The van der Waals surface area contributed by atoms with Gasteiger partial charge in [-0.1, -0.05) is 12.1 Å². The SMILES string of the molecule is O=C(CN1CCC[C@@H](O)C1)N1CCN(Cc2cccc(F)c2)CC1. The third kappa shape index (κ3) is 4.75. The van der Waals surface area contributed by atoms with Gasteiger partial charge in [0, 0.05) is 39.3 Å². The van der Waals surface area contributed by atoms with Gasteiger partial charge in [0.05, 0.1) is 12.6 Å². The first-order valence-corrected chi connectivity index (χ1v) is 8.75. The van der Waals surface area contributed by atoms with Crippen LogP contribution < -0.4 is 0 Å². The van der Waals surface area contributed by atoms with E-state index in [1.165, 1.54) is 6.07 Å². The third-order valence-corrected chi connectivity index (χ3v) is 4.86. The Morgan fingerprint density at radius 2 is 1.96 bits per heavy atom. The number of piperidine rings is 1. The lowest BCUT2D eigenvalue weighted by Gasteiger charge is -2.37. The molecule has 3 rings (SSSR count). The van der Waals surface area contributed by atoms with Gasteiger partial charge in [0.15, 0.2) is 0 Å². The van der Waals surface area contributed by atoms with E-state index in [1.807, 2.05) is 11.0 Å². The maximum atomic E-state index is 13.2. The van der Waals surface area contributed by atoms with Crippen LogP contribution in [0.5, 0.6) is 0 Å². The fourth-order valence-electron chi connectivity index (χ4n) is 3.51. The molecule has 0 bridgehead atoms. The van der Waals surface area contributed by atoms with E-state index in [4.69, 9.17) is 0 Å². The Morgan fingerprint density at radius 1 is 1.17 bits per heavy atom. The van der Waals surface area contributed by atoms with E-state index in [9.17, 15) is 14.3 Å². The number of likely N-dealkylation sites (tertiary alicyclic amines) is 1. The maximum Gasteiger partial charge on any atom is 0.236 e. The first-order chi connectivity index (χ1) is 11.6. The summed E-state index contributed by atoms with van der Waals surface area (Å²) in [5, 5.41) is 9.70. The second-order valence-electron chi connectivity index (χ2n) is 6.82. The van der Waals surface area contributed by atoms with E-state index < -0.39 is 0 Å². The molecule has 2 saturated heterocycles. The Bertz CT molecular complexity index is 561. The largest absolute Gasteiger partial charge is 0.392 e. The van der Waals surface area contributed by atoms with Crippen LogP contribution in [0.3, 0.4) is 0 Å². The Kier molecular flexibility index (Phi) is 5.81. The highest BCUT2D eigenvalue weighted by molar-refractivity contribution is 5.78. The van der Waals surface area contributed by atoms with Crippen molar-refractivity contribution >= 4 is 5.91 Å². The number of hydrogen-bond acceptors (Lipinski definition) is 4. The molecule has 2 aliphatic rings. The molecule has 24 heavy (non-hydrogen) atoms. The monoisotopic (exact) mass is 335 g/mol. The summed E-state index contributed by atoms with van der Waals surface area (Å²) in [4.78, 5) is 18.6. The van der Waals surface area contributed by atoms with Crippen molar-refractivity contribution in [2.45, 2.75) is 25.5 Å². The molecule has 1 amide bonds. The minimum atomic E-state index is -0.297. The van der Waals surface area contributed by atoms with Gasteiger partial charge in [-0.3, -0.25) is 14.6 Å². The zero-order valence-electron chi connectivity index (χ0n) is 14.0. The molecular weight excluding hydrogens is 309 g/mol. The standard InChI is InChI=1S/C18H26FN3O2/c19-16-4-1-3-15(11-16)12-20-7-9-22(10-8-20)18(24)14-21-6-2-5-17(23)13-21/h1,3-4,11,17,23H,2,5-10,12-14H2/t17-/m1/s1. The van der Waals surface area contributed by atoms with Crippen LogP contribution in [0.15, 0.2) is 24.3 Å². The smallest absolute Gasteiger partial charge is 0.236 e. The Hall–Kier alpha value is -1.50. The van der Waals surface area contributed by atoms with Gasteiger partial charge in [0.25, 0.3) is 0 Å². The Balaban J connectivity index is 1.43. The highest BCUT2D eigenvalue weighted by Crippen LogP contribution is 2.12. The molecule has 5 nitrogen and oxygen atoms in total. The van der Waals surface area contributed by atoms with Crippen molar-refractivity contribution in [2.75, 3.05) is 45.8 Å². The van der Waals surface area contributed by atoms with Gasteiger partial charge < -0.3 is 10.0 Å². The molecule has 6 heteroatoms. The number of rotatable bonds is 4. The van der Waals surface area contributed by atoms with Crippen molar-refractivity contribution in [3.8, 4) is 0 Å². The third-order valence-electron chi connectivity index (χ3n) is 4.86. The van der Waals surface area contributed by atoms with Gasteiger partial charge in [-0.15, -0.1) is 0 Å². The highest BCUT2D eigenvalue weighted by atomic mass is 19.1. The molecule has 2 heterocycles. The quantitative estimate of drug-likeness (QED) is 0.889. The predicted octanol–water partition coefficient (Wildman–Crippen LogP) is 0.927. The molecule has 1 N–H and O–H groups in total. The minimum Gasteiger partial charge on any atom is -0.392 e. The summed E-state index contributed by atoms with van der Waals surface area (Å²) >= 11 is 0. The number of hydrogen-bond donors (Lipinski definition) is 1. The average molecular weight is 335 g/mol. The molecule has 0 aromatic heterocycles. The van der Waals surface area contributed by atoms with Crippen LogP contribution in [0, 0.1) is 5.82 Å². The van der Waals surface area contributed by atoms with Crippen LogP contribution in [-0.2, 0) is 11.3 Å². The first kappa shape index (κ1) is 17.3. The van der Waals surface area contributed by atoms with Crippen molar-refractivity contribution in [3.63, 3.8) is 0 Å². The summed E-state index contributed by atoms with van der Waals surface area (Å²) in [6, 6.07) is 6.69. The lowest BCUT2D eigenvalue weighted by atomic mass is 10.1. The zero-order chi connectivity index (χ0) is 16.9. The summed E-state index contributed by atoms with van der Waals surface area (Å²) < 4.78 is 13.2. The molecule has 0 saturated carbocycles. The predicted molar refractivity (Wildman–Crippen MR) is 89.9 cm³/mol. The number of carbonyl (C=O) groups excluding carboxylic acids is 1. The second kappa shape index (κ2) is 8.05. The number of carbonyl (C=O) groups is 1. The van der Waals surface area contributed by atoms with Crippen molar-refractivity contribution in [2.24, 2.45) is 0 Å². The summed E-state index contributed by atoms with van der Waals surface area (Å²) in [6.07, 6.45) is 1.49. The topological polar surface area (TPSA) is 47.0 Å². The highest BCUT2D eigenvalue weighted by Gasteiger charge is 2.25. The van der Waals surface area contributed by atoms with Crippen LogP contribution in [0.1, 0.15) is 18.4 Å². The zero-order valence-corrected chi connectivity index (χ0v) is 14.0. The van der Waals surface area contributed by atoms with Crippen molar-refractivity contribution in [3.05, 3.63) is 35.6 Å². The summed E-state index contributed by atoms with van der Waals surface area (Å²) in [6.45, 7) is 5.66. The number of amides is 1. The van der Waals surface area contributed by atoms with E-state index in [-0.39, 0.29) is 17.8 Å². The molecular formula is C18H26FN3O2. The lowest BCUT2D eigenvalue weighted by molar-refractivity contribution is -0.134. The van der Waals surface area contributed by atoms with Gasteiger partial charge >= 0.3 is 0 Å². The molecule has 1 aromatic carbocycles. The van der Waals surface area contributed by atoms with Gasteiger partial charge in [-0.25, -0.2) is 4.39 Å². The minimum absolute atomic E-state index is 0.148. The molecule has 2 aliphatic heterocycles. The number of nitrogens with zero attached hydrogens (tertiary/aromatic N) is 3.